The quantitative estimate of drug-likeness (QED) is 0.206. The highest BCUT2D eigenvalue weighted by atomic mass is 32.2. The number of benzene rings is 4. The van der Waals surface area contributed by atoms with Gasteiger partial charge < -0.3 is 9.88 Å². The largest absolute Gasteiger partial charge is 0.344 e. The number of aromatic nitrogens is 4. The molecule has 1 unspecified atom stereocenters. The second kappa shape index (κ2) is 11.5. The van der Waals surface area contributed by atoms with Crippen LogP contribution in [0.15, 0.2) is 108 Å². The first-order valence-corrected chi connectivity index (χ1v) is 14.3. The summed E-state index contributed by atoms with van der Waals surface area (Å²) < 4.78 is 16.6. The summed E-state index contributed by atoms with van der Waals surface area (Å²) >= 11 is 1.25. The second-order valence-electron chi connectivity index (χ2n) is 9.99. The van der Waals surface area contributed by atoms with Crippen molar-refractivity contribution in [1.82, 2.24) is 25.1 Å². The van der Waals surface area contributed by atoms with Gasteiger partial charge in [0.2, 0.25) is 11.1 Å². The fraction of sp³-hybridized carbons (Fsp3) is 0.152. The molecule has 0 spiro atoms. The van der Waals surface area contributed by atoms with Gasteiger partial charge in [-0.3, -0.25) is 4.79 Å². The molecule has 1 amide bonds. The third-order valence-corrected chi connectivity index (χ3v) is 8.04. The smallest absolute Gasteiger partial charge is 0.234 e. The summed E-state index contributed by atoms with van der Waals surface area (Å²) in [5, 5.41) is 12.9. The first-order valence-electron chi connectivity index (χ1n) is 13.4. The lowest BCUT2D eigenvalue weighted by atomic mass is 9.98. The minimum atomic E-state index is -0.490. The number of thioether (sulfide) groups is 1. The maximum absolute atomic E-state index is 14.6. The second-order valence-corrected chi connectivity index (χ2v) is 11.3. The minimum Gasteiger partial charge on any atom is -0.344 e. The molecule has 4 aromatic carbocycles. The normalized spacial score (nSPS) is 12.2. The number of rotatable bonds is 8. The Morgan fingerprint density at radius 1 is 0.902 bits per heavy atom. The van der Waals surface area contributed by atoms with Crippen molar-refractivity contribution < 1.29 is 9.18 Å². The van der Waals surface area contributed by atoms with Crippen molar-refractivity contribution in [2.75, 3.05) is 0 Å². The predicted octanol–water partition coefficient (Wildman–Crippen LogP) is 6.86. The molecule has 0 aliphatic heterocycles. The van der Waals surface area contributed by atoms with Crippen LogP contribution in [0.3, 0.4) is 0 Å². The summed E-state index contributed by atoms with van der Waals surface area (Å²) in [4.78, 5) is 18.3. The van der Waals surface area contributed by atoms with E-state index in [1.807, 2.05) is 103 Å². The molecule has 204 valence electrons. The van der Waals surface area contributed by atoms with E-state index in [2.05, 4.69) is 15.5 Å². The number of hydrogen-bond donors (Lipinski definition) is 1. The van der Waals surface area contributed by atoms with Gasteiger partial charge in [-0.05, 0) is 43.2 Å². The van der Waals surface area contributed by atoms with Crippen LogP contribution in [-0.2, 0) is 11.3 Å². The van der Waals surface area contributed by atoms with Gasteiger partial charge in [-0.25, -0.2) is 9.37 Å². The van der Waals surface area contributed by atoms with Gasteiger partial charge in [0.15, 0.2) is 5.65 Å². The van der Waals surface area contributed by atoms with Gasteiger partial charge in [0.1, 0.15) is 11.3 Å². The van der Waals surface area contributed by atoms with Crippen molar-refractivity contribution >= 4 is 39.7 Å². The Hall–Kier alpha value is -4.56. The number of hydrogen-bond acceptors (Lipinski definition) is 5. The van der Waals surface area contributed by atoms with Crippen LogP contribution in [0.1, 0.15) is 35.2 Å². The van der Waals surface area contributed by atoms with Crippen molar-refractivity contribution in [2.24, 2.45) is 0 Å². The Labute approximate surface area is 241 Å². The molecule has 0 aliphatic carbocycles. The summed E-state index contributed by atoms with van der Waals surface area (Å²) in [5.74, 6) is -0.415. The van der Waals surface area contributed by atoms with Gasteiger partial charge in [0, 0.05) is 10.9 Å². The van der Waals surface area contributed by atoms with Crippen LogP contribution in [0.2, 0.25) is 0 Å². The Bertz CT molecular complexity index is 1800. The van der Waals surface area contributed by atoms with Crippen LogP contribution >= 0.6 is 11.8 Å². The molecule has 6 nitrogen and oxygen atoms in total. The van der Waals surface area contributed by atoms with E-state index >= 15 is 0 Å². The summed E-state index contributed by atoms with van der Waals surface area (Å²) in [6, 6.07) is 32.3. The number of carbonyl (C=O) groups is 1. The van der Waals surface area contributed by atoms with Crippen LogP contribution in [0.4, 0.5) is 4.39 Å². The fourth-order valence-corrected chi connectivity index (χ4v) is 5.70. The van der Waals surface area contributed by atoms with Crippen molar-refractivity contribution in [1.29, 1.82) is 0 Å². The van der Waals surface area contributed by atoms with E-state index in [1.165, 1.54) is 17.8 Å². The van der Waals surface area contributed by atoms with Gasteiger partial charge in [0.25, 0.3) is 0 Å². The fourth-order valence-electron chi connectivity index (χ4n) is 4.98. The molecule has 0 saturated heterocycles. The molecule has 6 aromatic rings. The molecule has 2 aromatic heterocycles. The molecule has 41 heavy (non-hydrogen) atoms. The first kappa shape index (κ1) is 26.7. The lowest BCUT2D eigenvalue weighted by Crippen LogP contribution is -2.35. The van der Waals surface area contributed by atoms with Crippen molar-refractivity contribution in [3.05, 3.63) is 131 Å². The number of carbonyl (C=O) groups excluding carboxylic acids is 1. The van der Waals surface area contributed by atoms with E-state index in [0.717, 1.165) is 27.6 Å². The van der Waals surface area contributed by atoms with E-state index in [0.29, 0.717) is 28.4 Å². The maximum atomic E-state index is 14.6. The molecule has 0 aliphatic rings. The molecule has 0 fully saturated rings. The van der Waals surface area contributed by atoms with Crippen LogP contribution < -0.4 is 5.32 Å². The topological polar surface area (TPSA) is 72.7 Å². The van der Waals surface area contributed by atoms with Gasteiger partial charge >= 0.3 is 0 Å². The highest BCUT2D eigenvalue weighted by Gasteiger charge is 2.23. The summed E-state index contributed by atoms with van der Waals surface area (Å²) in [6.07, 6.45) is 0. The molecule has 0 radical (unpaired) electrons. The van der Waals surface area contributed by atoms with Crippen molar-refractivity contribution in [2.45, 2.75) is 36.8 Å². The van der Waals surface area contributed by atoms with E-state index in [9.17, 15) is 9.18 Å². The Kier molecular flexibility index (Phi) is 7.48. The molecule has 1 atom stereocenters. The number of halogens is 1. The van der Waals surface area contributed by atoms with Gasteiger partial charge in [-0.15, -0.1) is 10.2 Å². The minimum absolute atomic E-state index is 0.140. The zero-order chi connectivity index (χ0) is 28.3. The standard InChI is InChI=1S/C33H28FN5OS/c1-21-17-18-28-26(19-21)30-31(39(28)20-25-15-9-10-16-27(25)34)36-33(38-37-30)41-22(2)32(40)35-29(23-11-5-3-6-12-23)24-13-7-4-8-14-24/h3-19,22,29H,20H2,1-2H3,(H,35,40). The molecule has 6 rings (SSSR count). The number of fused-ring (bicyclic) bond motifs is 3. The van der Waals surface area contributed by atoms with Crippen LogP contribution in [0.25, 0.3) is 22.1 Å². The third kappa shape index (κ3) is 5.56. The van der Waals surface area contributed by atoms with Gasteiger partial charge in [0.05, 0.1) is 23.4 Å². The zero-order valence-electron chi connectivity index (χ0n) is 22.7. The summed E-state index contributed by atoms with van der Waals surface area (Å²) in [5.41, 5.74) is 5.78. The van der Waals surface area contributed by atoms with Crippen LogP contribution in [0, 0.1) is 12.7 Å². The summed E-state index contributed by atoms with van der Waals surface area (Å²) in [6.45, 7) is 4.15. The molecule has 0 bridgehead atoms. The van der Waals surface area contributed by atoms with E-state index < -0.39 is 5.25 Å². The summed E-state index contributed by atoms with van der Waals surface area (Å²) in [7, 11) is 0. The monoisotopic (exact) mass is 561 g/mol. The Morgan fingerprint density at radius 2 is 1.56 bits per heavy atom. The highest BCUT2D eigenvalue weighted by molar-refractivity contribution is 8.00. The average molecular weight is 562 g/mol. The number of nitrogens with zero attached hydrogens (tertiary/aromatic N) is 4. The van der Waals surface area contributed by atoms with E-state index in [1.54, 1.807) is 12.1 Å². The molecule has 8 heteroatoms. The average Bonchev–Trinajstić information content (AvgIpc) is 3.29. The SMILES string of the molecule is Cc1ccc2c(c1)c1nnc(SC(C)C(=O)NC(c3ccccc3)c3ccccc3)nc1n2Cc1ccccc1F. The molecule has 0 saturated carbocycles. The van der Waals surface area contributed by atoms with Crippen molar-refractivity contribution in [3.8, 4) is 0 Å². The maximum Gasteiger partial charge on any atom is 0.234 e. The number of aryl methyl sites for hydroxylation is 1. The number of amides is 1. The van der Waals surface area contributed by atoms with Crippen molar-refractivity contribution in [3.63, 3.8) is 0 Å². The van der Waals surface area contributed by atoms with Gasteiger partial charge in [-0.2, -0.15) is 0 Å². The molecule has 1 N–H and O–H groups in total. The molecular formula is C33H28FN5OS. The lowest BCUT2D eigenvalue weighted by Gasteiger charge is -2.21. The molecule has 2 heterocycles. The number of nitrogens with one attached hydrogen (secondary N) is 1. The zero-order valence-corrected chi connectivity index (χ0v) is 23.5. The van der Waals surface area contributed by atoms with E-state index in [-0.39, 0.29) is 17.8 Å². The van der Waals surface area contributed by atoms with E-state index in [4.69, 9.17) is 4.98 Å². The predicted molar refractivity (Wildman–Crippen MR) is 161 cm³/mol. The van der Waals surface area contributed by atoms with Gasteiger partial charge in [-0.1, -0.05) is 102 Å². The first-order chi connectivity index (χ1) is 20.0. The third-order valence-electron chi connectivity index (χ3n) is 7.09. The molecular weight excluding hydrogens is 533 g/mol. The Balaban J connectivity index is 1.31. The highest BCUT2D eigenvalue weighted by Crippen LogP contribution is 2.31. The lowest BCUT2D eigenvalue weighted by molar-refractivity contribution is -0.120. The van der Waals surface area contributed by atoms with Crippen LogP contribution in [0.5, 0.6) is 0 Å². The Morgan fingerprint density at radius 3 is 2.24 bits per heavy atom. The van der Waals surface area contributed by atoms with Crippen LogP contribution in [-0.4, -0.2) is 30.9 Å².